The number of rotatable bonds is 4. The number of hydrogen-bond acceptors (Lipinski definition) is 3. The van der Waals surface area contributed by atoms with Gasteiger partial charge in [0.2, 0.25) is 0 Å². The van der Waals surface area contributed by atoms with Crippen LogP contribution in [-0.2, 0) is 6.18 Å². The van der Waals surface area contributed by atoms with Crippen molar-refractivity contribution in [1.29, 1.82) is 0 Å². The van der Waals surface area contributed by atoms with E-state index in [2.05, 4.69) is 5.32 Å². The fourth-order valence-corrected chi connectivity index (χ4v) is 1.92. The largest absolute Gasteiger partial charge is 0.492 e. The van der Waals surface area contributed by atoms with Crippen LogP contribution in [0.15, 0.2) is 42.5 Å². The second kappa shape index (κ2) is 5.95. The Kier molecular flexibility index (Phi) is 4.26. The van der Waals surface area contributed by atoms with Gasteiger partial charge in [-0.2, -0.15) is 13.2 Å². The molecule has 6 heteroatoms. The first-order chi connectivity index (χ1) is 9.93. The molecule has 3 nitrogen and oxygen atoms in total. The van der Waals surface area contributed by atoms with Gasteiger partial charge in [0.1, 0.15) is 5.75 Å². The molecule has 0 atom stereocenters. The summed E-state index contributed by atoms with van der Waals surface area (Å²) in [5.74, 6) is 0.437. The van der Waals surface area contributed by atoms with E-state index in [1.54, 1.807) is 25.1 Å². The van der Waals surface area contributed by atoms with Crippen LogP contribution in [0.1, 0.15) is 12.5 Å². The lowest BCUT2D eigenvalue weighted by Crippen LogP contribution is -2.09. The lowest BCUT2D eigenvalue weighted by molar-refractivity contribution is -0.136. The molecular weight excluding hydrogens is 281 g/mol. The number of benzene rings is 2. The highest BCUT2D eigenvalue weighted by Crippen LogP contribution is 2.38. The maximum Gasteiger partial charge on any atom is 0.418 e. The van der Waals surface area contributed by atoms with Gasteiger partial charge in [-0.1, -0.05) is 18.2 Å². The lowest BCUT2D eigenvalue weighted by atomic mass is 10.1. The molecule has 0 bridgehead atoms. The summed E-state index contributed by atoms with van der Waals surface area (Å²) >= 11 is 0. The van der Waals surface area contributed by atoms with Gasteiger partial charge in [-0.05, 0) is 31.2 Å². The van der Waals surface area contributed by atoms with Crippen LogP contribution in [0.4, 0.5) is 30.2 Å². The van der Waals surface area contributed by atoms with E-state index in [1.807, 2.05) is 0 Å². The highest BCUT2D eigenvalue weighted by molar-refractivity contribution is 5.78. The zero-order chi connectivity index (χ0) is 15.5. The molecule has 2 rings (SSSR count). The fraction of sp³-hybridized carbons (Fsp3) is 0.200. The van der Waals surface area contributed by atoms with Gasteiger partial charge >= 0.3 is 6.18 Å². The van der Waals surface area contributed by atoms with Crippen LogP contribution in [0, 0.1) is 0 Å². The quantitative estimate of drug-likeness (QED) is 0.820. The Labute approximate surface area is 120 Å². The van der Waals surface area contributed by atoms with E-state index in [9.17, 15) is 13.2 Å². The predicted octanol–water partition coefficient (Wildman–Crippen LogP) is 4.43. The fourth-order valence-electron chi connectivity index (χ4n) is 1.92. The molecule has 0 aliphatic carbocycles. The van der Waals surface area contributed by atoms with Crippen molar-refractivity contribution >= 4 is 17.1 Å². The Morgan fingerprint density at radius 2 is 1.71 bits per heavy atom. The van der Waals surface area contributed by atoms with Crippen LogP contribution >= 0.6 is 0 Å². The maximum absolute atomic E-state index is 13.0. The maximum atomic E-state index is 13.0. The molecule has 21 heavy (non-hydrogen) atoms. The summed E-state index contributed by atoms with van der Waals surface area (Å²) < 4.78 is 44.2. The molecule has 2 aromatic rings. The van der Waals surface area contributed by atoms with Crippen LogP contribution in [0.5, 0.6) is 5.75 Å². The van der Waals surface area contributed by atoms with E-state index in [0.717, 1.165) is 6.07 Å². The van der Waals surface area contributed by atoms with Crippen LogP contribution < -0.4 is 15.8 Å². The first-order valence-electron chi connectivity index (χ1n) is 6.38. The van der Waals surface area contributed by atoms with E-state index in [1.165, 1.54) is 18.2 Å². The van der Waals surface area contributed by atoms with Crippen LogP contribution in [-0.4, -0.2) is 6.61 Å². The Morgan fingerprint density at radius 3 is 2.38 bits per heavy atom. The number of ether oxygens (including phenoxy) is 1. The van der Waals surface area contributed by atoms with Crippen LogP contribution in [0.2, 0.25) is 0 Å². The topological polar surface area (TPSA) is 47.3 Å². The standard InChI is InChI=1S/C15H15F3N2O/c1-2-21-13-9-5-8-12(14(13)19)20-11-7-4-3-6-10(11)15(16,17)18/h3-9,20H,2,19H2,1H3. The summed E-state index contributed by atoms with van der Waals surface area (Å²) in [4.78, 5) is 0. The van der Waals surface area contributed by atoms with E-state index < -0.39 is 11.7 Å². The van der Waals surface area contributed by atoms with E-state index in [4.69, 9.17) is 10.5 Å². The number of alkyl halides is 3. The molecule has 0 aliphatic rings. The monoisotopic (exact) mass is 296 g/mol. The van der Waals surface area contributed by atoms with E-state index in [0.29, 0.717) is 18.0 Å². The van der Waals surface area contributed by atoms with Gasteiger partial charge in [0.05, 0.1) is 29.2 Å². The summed E-state index contributed by atoms with van der Waals surface area (Å²) in [6, 6.07) is 10.2. The van der Waals surface area contributed by atoms with E-state index in [-0.39, 0.29) is 11.4 Å². The summed E-state index contributed by atoms with van der Waals surface area (Å²) in [7, 11) is 0. The van der Waals surface area contributed by atoms with Crippen molar-refractivity contribution in [3.63, 3.8) is 0 Å². The highest BCUT2D eigenvalue weighted by Gasteiger charge is 2.33. The van der Waals surface area contributed by atoms with Gasteiger partial charge in [0.15, 0.2) is 0 Å². The SMILES string of the molecule is CCOc1cccc(Nc2ccccc2C(F)(F)F)c1N. The molecule has 2 aromatic carbocycles. The van der Waals surface area contributed by atoms with Gasteiger partial charge in [-0.15, -0.1) is 0 Å². The lowest BCUT2D eigenvalue weighted by Gasteiger charge is -2.17. The van der Waals surface area contributed by atoms with Crippen LogP contribution in [0.25, 0.3) is 0 Å². The Hall–Kier alpha value is -2.37. The van der Waals surface area contributed by atoms with Crippen molar-refractivity contribution in [2.24, 2.45) is 0 Å². The van der Waals surface area contributed by atoms with Gasteiger partial charge in [-0.3, -0.25) is 0 Å². The van der Waals surface area contributed by atoms with Crippen molar-refractivity contribution < 1.29 is 17.9 Å². The third-order valence-corrected chi connectivity index (χ3v) is 2.87. The molecule has 0 aliphatic heterocycles. The Balaban J connectivity index is 2.38. The molecule has 3 N–H and O–H groups in total. The van der Waals surface area contributed by atoms with E-state index >= 15 is 0 Å². The minimum atomic E-state index is -4.43. The second-order valence-corrected chi connectivity index (χ2v) is 4.32. The summed E-state index contributed by atoms with van der Waals surface area (Å²) in [5.41, 5.74) is 5.76. The van der Waals surface area contributed by atoms with Crippen molar-refractivity contribution in [2.45, 2.75) is 13.1 Å². The Bertz CT molecular complexity index is 627. The minimum Gasteiger partial charge on any atom is -0.492 e. The molecule has 0 heterocycles. The van der Waals surface area contributed by atoms with Gasteiger partial charge < -0.3 is 15.8 Å². The Morgan fingerprint density at radius 1 is 1.05 bits per heavy atom. The molecule has 0 aromatic heterocycles. The third-order valence-electron chi connectivity index (χ3n) is 2.87. The van der Waals surface area contributed by atoms with Crippen LogP contribution in [0.3, 0.4) is 0 Å². The normalized spacial score (nSPS) is 11.2. The first-order valence-corrected chi connectivity index (χ1v) is 6.38. The molecule has 0 saturated carbocycles. The minimum absolute atomic E-state index is 0.0506. The summed E-state index contributed by atoms with van der Waals surface area (Å²) in [5, 5.41) is 2.72. The molecule has 0 radical (unpaired) electrons. The van der Waals surface area contributed by atoms with Gasteiger partial charge in [0.25, 0.3) is 0 Å². The molecule has 0 fully saturated rings. The zero-order valence-electron chi connectivity index (χ0n) is 11.4. The number of para-hydroxylation sites is 2. The van der Waals surface area contributed by atoms with Crippen molar-refractivity contribution in [2.75, 3.05) is 17.7 Å². The average molecular weight is 296 g/mol. The molecule has 0 unspecified atom stereocenters. The number of anilines is 3. The number of nitrogen functional groups attached to an aromatic ring is 1. The van der Waals surface area contributed by atoms with Crippen molar-refractivity contribution in [1.82, 2.24) is 0 Å². The number of hydrogen-bond donors (Lipinski definition) is 2. The number of nitrogens with one attached hydrogen (secondary N) is 1. The number of halogens is 3. The van der Waals surface area contributed by atoms with Gasteiger partial charge in [-0.25, -0.2) is 0 Å². The molecular formula is C15H15F3N2O. The second-order valence-electron chi connectivity index (χ2n) is 4.32. The summed E-state index contributed by atoms with van der Waals surface area (Å²) in [6.07, 6.45) is -4.43. The molecule has 0 amide bonds. The zero-order valence-corrected chi connectivity index (χ0v) is 11.4. The molecule has 0 saturated heterocycles. The highest BCUT2D eigenvalue weighted by atomic mass is 19.4. The average Bonchev–Trinajstić information content (AvgIpc) is 2.43. The summed E-state index contributed by atoms with van der Waals surface area (Å²) in [6.45, 7) is 2.23. The van der Waals surface area contributed by atoms with Crippen molar-refractivity contribution in [3.8, 4) is 5.75 Å². The first kappa shape index (κ1) is 15.0. The third kappa shape index (κ3) is 3.39. The van der Waals surface area contributed by atoms with Crippen molar-refractivity contribution in [3.05, 3.63) is 48.0 Å². The smallest absolute Gasteiger partial charge is 0.418 e. The molecule has 112 valence electrons. The molecule has 0 spiro atoms. The van der Waals surface area contributed by atoms with Gasteiger partial charge in [0, 0.05) is 0 Å². The predicted molar refractivity (Wildman–Crippen MR) is 76.8 cm³/mol. The number of nitrogens with two attached hydrogens (primary N) is 1.